The second kappa shape index (κ2) is 15.4. The predicted molar refractivity (Wildman–Crippen MR) is 140 cm³/mol. The molecule has 1 aliphatic heterocycles. The molecule has 0 radical (unpaired) electrons. The molecule has 6 nitrogen and oxygen atoms in total. The van der Waals surface area contributed by atoms with Crippen molar-refractivity contribution in [3.8, 4) is 11.5 Å². The number of allylic oxidation sites excluding steroid dienone is 1. The fourth-order valence-corrected chi connectivity index (χ4v) is 4.80. The third-order valence-corrected chi connectivity index (χ3v) is 6.84. The van der Waals surface area contributed by atoms with Gasteiger partial charge < -0.3 is 14.6 Å². The lowest BCUT2D eigenvalue weighted by atomic mass is 9.81. The van der Waals surface area contributed by atoms with E-state index in [2.05, 4.69) is 24.9 Å². The molecule has 1 aromatic rings. The third-order valence-electron chi connectivity index (χ3n) is 6.84. The van der Waals surface area contributed by atoms with Crippen LogP contribution in [0.3, 0.4) is 0 Å². The largest absolute Gasteiger partial charge is 0.504 e. The van der Waals surface area contributed by atoms with Crippen molar-refractivity contribution in [2.24, 2.45) is 16.8 Å². The number of nitrogens with zero attached hydrogens (tertiary/aromatic N) is 1. The topological polar surface area (TPSA) is 85.2 Å². The highest BCUT2D eigenvalue weighted by molar-refractivity contribution is 5.81. The molecule has 3 unspecified atom stereocenters. The van der Waals surface area contributed by atoms with Gasteiger partial charge in [0.15, 0.2) is 11.5 Å². The minimum absolute atomic E-state index is 0.0811. The van der Waals surface area contributed by atoms with Crippen LogP contribution in [0.15, 0.2) is 34.8 Å². The van der Waals surface area contributed by atoms with Crippen molar-refractivity contribution < 1.29 is 24.2 Å². The number of hydrogen-bond acceptors (Lipinski definition) is 6. The molecule has 2 rings (SSSR count). The summed E-state index contributed by atoms with van der Waals surface area (Å²) in [4.78, 5) is 29.3. The van der Waals surface area contributed by atoms with Crippen molar-refractivity contribution >= 4 is 18.0 Å². The van der Waals surface area contributed by atoms with E-state index in [1.807, 2.05) is 6.21 Å². The second-order valence-electron chi connectivity index (χ2n) is 9.64. The van der Waals surface area contributed by atoms with Crippen LogP contribution < -0.4 is 4.74 Å². The van der Waals surface area contributed by atoms with Gasteiger partial charge in [-0.3, -0.25) is 14.6 Å². The van der Waals surface area contributed by atoms with E-state index in [1.165, 1.54) is 19.6 Å². The molecule has 3 atom stereocenters. The lowest BCUT2D eigenvalue weighted by Gasteiger charge is -2.30. The van der Waals surface area contributed by atoms with E-state index in [0.717, 1.165) is 57.1 Å². The number of carbonyl (C=O) groups is 2. The summed E-state index contributed by atoms with van der Waals surface area (Å²) in [6, 6.07) is 5.14. The van der Waals surface area contributed by atoms with Crippen LogP contribution in [-0.4, -0.2) is 42.8 Å². The molecule has 0 spiro atoms. The smallest absolute Gasteiger partial charge is 0.302 e. The van der Waals surface area contributed by atoms with Crippen LogP contribution in [0.2, 0.25) is 0 Å². The maximum Gasteiger partial charge on any atom is 0.302 e. The number of rotatable bonds is 17. The number of esters is 1. The standard InChI is InChI=1S/C29H43NO5/c1-5-7-8-9-25(17-22(6-2)16-24-14-15-30-20-24)28(35-21(3)31)19-26(32)12-10-23-11-13-27(33)29(18-23)34-4/h11,13-14,18,20,22,25,28,33H,5-10,12,15-17,19H2,1-4H3. The van der Waals surface area contributed by atoms with E-state index < -0.39 is 6.10 Å². The van der Waals surface area contributed by atoms with Crippen LogP contribution >= 0.6 is 0 Å². The second-order valence-corrected chi connectivity index (χ2v) is 9.64. The van der Waals surface area contributed by atoms with E-state index in [9.17, 15) is 14.7 Å². The van der Waals surface area contributed by atoms with Crippen LogP contribution in [0.25, 0.3) is 0 Å². The number of unbranched alkanes of at least 4 members (excludes halogenated alkanes) is 2. The molecule has 0 aliphatic carbocycles. The zero-order chi connectivity index (χ0) is 25.6. The van der Waals surface area contributed by atoms with Gasteiger partial charge in [0.05, 0.1) is 13.7 Å². The Hall–Kier alpha value is -2.63. The Morgan fingerprint density at radius 1 is 1.20 bits per heavy atom. The molecule has 0 saturated heterocycles. The van der Waals surface area contributed by atoms with E-state index in [0.29, 0.717) is 24.5 Å². The summed E-state index contributed by atoms with van der Waals surface area (Å²) in [7, 11) is 1.51. The zero-order valence-corrected chi connectivity index (χ0v) is 21.9. The van der Waals surface area contributed by atoms with Crippen molar-refractivity contribution in [1.82, 2.24) is 0 Å². The highest BCUT2D eigenvalue weighted by Crippen LogP contribution is 2.32. The summed E-state index contributed by atoms with van der Waals surface area (Å²) in [5, 5.41) is 9.80. The Bertz CT molecular complexity index is 876. The summed E-state index contributed by atoms with van der Waals surface area (Å²) < 4.78 is 10.9. The number of Topliss-reactive ketones (excluding diaryl/α,β-unsaturated/α-hetero) is 1. The van der Waals surface area contributed by atoms with Gasteiger partial charge in [-0.05, 0) is 60.8 Å². The minimum atomic E-state index is -0.397. The highest BCUT2D eigenvalue weighted by atomic mass is 16.5. The Morgan fingerprint density at radius 3 is 2.63 bits per heavy atom. The molecule has 1 aromatic carbocycles. The van der Waals surface area contributed by atoms with E-state index in [4.69, 9.17) is 9.47 Å². The zero-order valence-electron chi connectivity index (χ0n) is 21.9. The maximum absolute atomic E-state index is 13.0. The Kier molecular flexibility index (Phi) is 12.6. The summed E-state index contributed by atoms with van der Waals surface area (Å²) in [6.45, 7) is 6.59. The maximum atomic E-state index is 13.0. The highest BCUT2D eigenvalue weighted by Gasteiger charge is 2.29. The van der Waals surface area contributed by atoms with Crippen molar-refractivity contribution in [1.29, 1.82) is 0 Å². The van der Waals surface area contributed by atoms with Gasteiger partial charge in [-0.25, -0.2) is 0 Å². The summed E-state index contributed by atoms with van der Waals surface area (Å²) in [5.74, 6) is 0.865. The fourth-order valence-electron chi connectivity index (χ4n) is 4.80. The van der Waals surface area contributed by atoms with Crippen molar-refractivity contribution in [2.75, 3.05) is 13.7 Å². The monoisotopic (exact) mass is 485 g/mol. The third kappa shape index (κ3) is 10.3. The molecule has 0 aromatic heterocycles. The summed E-state index contributed by atoms with van der Waals surface area (Å²) in [5.41, 5.74) is 2.21. The molecule has 1 aliphatic rings. The number of aliphatic imine (C=N–C) groups is 1. The fraction of sp³-hybridized carbons (Fsp3) is 0.621. The Balaban J connectivity index is 2.07. The number of aromatic hydroxyl groups is 1. The number of phenolic OH excluding ortho intramolecular Hbond substituents is 1. The van der Waals surface area contributed by atoms with E-state index >= 15 is 0 Å². The number of ketones is 1. The Morgan fingerprint density at radius 2 is 2.00 bits per heavy atom. The van der Waals surface area contributed by atoms with Crippen LogP contribution in [-0.2, 0) is 20.7 Å². The first-order valence-electron chi connectivity index (χ1n) is 13.1. The minimum Gasteiger partial charge on any atom is -0.504 e. The number of aryl methyl sites for hydroxylation is 1. The van der Waals surface area contributed by atoms with Crippen molar-refractivity contribution in [3.05, 3.63) is 35.4 Å². The average molecular weight is 486 g/mol. The number of carbonyl (C=O) groups excluding carboxylic acids is 2. The number of benzene rings is 1. The molecular weight excluding hydrogens is 442 g/mol. The van der Waals surface area contributed by atoms with Crippen LogP contribution in [0.5, 0.6) is 11.5 Å². The molecule has 0 fully saturated rings. The van der Waals surface area contributed by atoms with Gasteiger partial charge in [-0.1, -0.05) is 51.7 Å². The predicted octanol–water partition coefficient (Wildman–Crippen LogP) is 6.24. The molecule has 6 heteroatoms. The van der Waals surface area contributed by atoms with Crippen LogP contribution in [0.4, 0.5) is 0 Å². The normalized spacial score (nSPS) is 15.4. The molecular formula is C29H43NO5. The molecule has 0 amide bonds. The molecule has 194 valence electrons. The number of hydrogen-bond donors (Lipinski definition) is 1. The molecule has 35 heavy (non-hydrogen) atoms. The lowest BCUT2D eigenvalue weighted by Crippen LogP contribution is -2.31. The van der Waals surface area contributed by atoms with E-state index in [1.54, 1.807) is 18.2 Å². The number of methoxy groups -OCH3 is 1. The van der Waals surface area contributed by atoms with Gasteiger partial charge in [0.1, 0.15) is 11.9 Å². The first kappa shape index (κ1) is 28.6. The summed E-state index contributed by atoms with van der Waals surface area (Å²) >= 11 is 0. The van der Waals surface area contributed by atoms with Crippen molar-refractivity contribution in [3.63, 3.8) is 0 Å². The van der Waals surface area contributed by atoms with Crippen LogP contribution in [0.1, 0.15) is 84.1 Å². The van der Waals surface area contributed by atoms with Gasteiger partial charge in [-0.2, -0.15) is 0 Å². The average Bonchev–Trinajstić information content (AvgIpc) is 3.34. The molecule has 1 N–H and O–H groups in total. The first-order valence-corrected chi connectivity index (χ1v) is 13.1. The van der Waals surface area contributed by atoms with Gasteiger partial charge in [0, 0.05) is 26.0 Å². The van der Waals surface area contributed by atoms with Gasteiger partial charge in [0.25, 0.3) is 0 Å². The molecule has 0 saturated carbocycles. The number of ether oxygens (including phenoxy) is 2. The van der Waals surface area contributed by atoms with Crippen molar-refractivity contribution in [2.45, 2.75) is 91.1 Å². The van der Waals surface area contributed by atoms with Gasteiger partial charge >= 0.3 is 5.97 Å². The van der Waals surface area contributed by atoms with Gasteiger partial charge in [-0.15, -0.1) is 0 Å². The first-order chi connectivity index (χ1) is 16.9. The van der Waals surface area contributed by atoms with Crippen LogP contribution in [0, 0.1) is 11.8 Å². The molecule has 0 bridgehead atoms. The number of phenols is 1. The van der Waals surface area contributed by atoms with E-state index in [-0.39, 0.29) is 29.8 Å². The summed E-state index contributed by atoms with van der Waals surface area (Å²) in [6.07, 6.45) is 12.1. The quantitative estimate of drug-likeness (QED) is 0.209. The lowest BCUT2D eigenvalue weighted by molar-refractivity contribution is -0.151. The Labute approximate surface area is 210 Å². The van der Waals surface area contributed by atoms with Gasteiger partial charge in [0.2, 0.25) is 0 Å². The SMILES string of the molecule is CCCCCC(CC(CC)CC1=CCN=C1)C(CC(=O)CCc1ccc(O)c(OC)c1)OC(C)=O. The molecule has 1 heterocycles.